The van der Waals surface area contributed by atoms with Crippen LogP contribution in [-0.4, -0.2) is 7.05 Å². The van der Waals surface area contributed by atoms with Gasteiger partial charge in [-0.3, -0.25) is 0 Å². The summed E-state index contributed by atoms with van der Waals surface area (Å²) < 4.78 is 0. The smallest absolute Gasteiger partial charge is 0.0296 e. The Morgan fingerprint density at radius 3 is 2.17 bits per heavy atom. The minimum atomic E-state index is 0.952. The Kier molecular flexibility index (Phi) is 3.88. The summed E-state index contributed by atoms with van der Waals surface area (Å²) in [5.74, 6) is 0. The highest BCUT2D eigenvalue weighted by Crippen LogP contribution is 2.34. The van der Waals surface area contributed by atoms with Gasteiger partial charge in [0.15, 0.2) is 0 Å². The molecule has 1 N–H and O–H groups in total. The Morgan fingerprint density at radius 2 is 1.61 bits per heavy atom. The summed E-state index contributed by atoms with van der Waals surface area (Å²) in [5.41, 5.74) is 8.38. The van der Waals surface area contributed by atoms with E-state index in [1.807, 2.05) is 18.4 Å². The molecule has 0 bridgehead atoms. The minimum absolute atomic E-state index is 0.952. The third kappa shape index (κ3) is 2.36. The van der Waals surface area contributed by atoms with Crippen LogP contribution < -0.4 is 5.32 Å². The maximum atomic E-state index is 3.21. The van der Waals surface area contributed by atoms with Crippen LogP contribution in [0.4, 0.5) is 0 Å². The summed E-state index contributed by atoms with van der Waals surface area (Å²) in [5, 5.41) is 5.49. The highest BCUT2D eigenvalue weighted by atomic mass is 32.1. The summed E-state index contributed by atoms with van der Waals surface area (Å²) in [6.45, 7) is 9.81. The third-order valence-electron chi connectivity index (χ3n) is 3.66. The van der Waals surface area contributed by atoms with Crippen LogP contribution in [0.15, 0.2) is 17.5 Å². The average molecular weight is 259 g/mol. The number of benzene rings is 1. The lowest BCUT2D eigenvalue weighted by Gasteiger charge is -2.14. The zero-order valence-corrected chi connectivity index (χ0v) is 12.7. The standard InChI is InChI=1S/C16H21NS/c1-10-6-11(2)13(4)16(12(10)3)14-7-15(8-17-5)18-9-14/h6-7,9,17H,8H2,1-5H3. The summed E-state index contributed by atoms with van der Waals surface area (Å²) in [4.78, 5) is 1.39. The Bertz CT molecular complexity index is 540. The van der Waals surface area contributed by atoms with Crippen molar-refractivity contribution in [1.82, 2.24) is 5.32 Å². The van der Waals surface area contributed by atoms with Gasteiger partial charge in [-0.15, -0.1) is 11.3 Å². The second kappa shape index (κ2) is 5.25. The van der Waals surface area contributed by atoms with Crippen molar-refractivity contribution in [3.8, 4) is 11.1 Å². The Hall–Kier alpha value is -1.12. The molecule has 0 fully saturated rings. The first-order valence-electron chi connectivity index (χ1n) is 6.34. The van der Waals surface area contributed by atoms with E-state index in [1.54, 1.807) is 0 Å². The number of rotatable bonds is 3. The van der Waals surface area contributed by atoms with Gasteiger partial charge in [-0.2, -0.15) is 0 Å². The number of aryl methyl sites for hydroxylation is 2. The first kappa shape index (κ1) is 13.3. The molecule has 0 unspecified atom stereocenters. The van der Waals surface area contributed by atoms with Crippen LogP contribution in [0.2, 0.25) is 0 Å². The molecule has 0 aliphatic carbocycles. The van der Waals surface area contributed by atoms with E-state index in [0.29, 0.717) is 0 Å². The van der Waals surface area contributed by atoms with Crippen molar-refractivity contribution in [3.63, 3.8) is 0 Å². The molecule has 2 aromatic rings. The maximum absolute atomic E-state index is 3.21. The molecule has 1 aromatic carbocycles. The van der Waals surface area contributed by atoms with E-state index < -0.39 is 0 Å². The van der Waals surface area contributed by atoms with E-state index in [1.165, 1.54) is 38.3 Å². The second-order valence-corrected chi connectivity index (χ2v) is 5.96. The van der Waals surface area contributed by atoms with Crippen molar-refractivity contribution in [3.05, 3.63) is 44.6 Å². The molecule has 1 aromatic heterocycles. The Morgan fingerprint density at radius 1 is 1.00 bits per heavy atom. The lowest BCUT2D eigenvalue weighted by Crippen LogP contribution is -2.02. The van der Waals surface area contributed by atoms with Crippen LogP contribution in [0.5, 0.6) is 0 Å². The van der Waals surface area contributed by atoms with E-state index in [4.69, 9.17) is 0 Å². The average Bonchev–Trinajstić information content (AvgIpc) is 2.76. The predicted octanol–water partition coefficient (Wildman–Crippen LogP) is 4.37. The number of thiophene rings is 1. The SMILES string of the molecule is CNCc1cc(-c2c(C)c(C)cc(C)c2C)cs1. The fourth-order valence-electron chi connectivity index (χ4n) is 2.43. The van der Waals surface area contributed by atoms with Gasteiger partial charge in [-0.05, 0) is 79.6 Å². The predicted molar refractivity (Wildman–Crippen MR) is 81.5 cm³/mol. The van der Waals surface area contributed by atoms with Gasteiger partial charge >= 0.3 is 0 Å². The Labute approximate surface area is 114 Å². The fraction of sp³-hybridized carbons (Fsp3) is 0.375. The normalized spacial score (nSPS) is 10.9. The topological polar surface area (TPSA) is 12.0 Å². The van der Waals surface area contributed by atoms with Crippen LogP contribution in [0, 0.1) is 27.7 Å². The molecule has 0 amide bonds. The monoisotopic (exact) mass is 259 g/mol. The molecular weight excluding hydrogens is 238 g/mol. The van der Waals surface area contributed by atoms with Gasteiger partial charge in [-0.25, -0.2) is 0 Å². The number of hydrogen-bond donors (Lipinski definition) is 1. The third-order valence-corrected chi connectivity index (χ3v) is 4.60. The molecule has 0 aliphatic heterocycles. The van der Waals surface area contributed by atoms with Crippen molar-refractivity contribution in [2.75, 3.05) is 7.05 Å². The lowest BCUT2D eigenvalue weighted by molar-refractivity contribution is 0.831. The van der Waals surface area contributed by atoms with Gasteiger partial charge < -0.3 is 5.32 Å². The summed E-state index contributed by atoms with van der Waals surface area (Å²) in [6.07, 6.45) is 0. The molecule has 0 spiro atoms. The second-order valence-electron chi connectivity index (χ2n) is 4.97. The molecule has 1 heterocycles. The van der Waals surface area contributed by atoms with Crippen LogP contribution in [0.1, 0.15) is 27.1 Å². The van der Waals surface area contributed by atoms with Crippen LogP contribution in [-0.2, 0) is 6.54 Å². The summed E-state index contributed by atoms with van der Waals surface area (Å²) in [6, 6.07) is 4.60. The van der Waals surface area contributed by atoms with E-state index in [9.17, 15) is 0 Å². The number of nitrogens with one attached hydrogen (secondary N) is 1. The van der Waals surface area contributed by atoms with Crippen molar-refractivity contribution < 1.29 is 0 Å². The van der Waals surface area contributed by atoms with Crippen molar-refractivity contribution in [1.29, 1.82) is 0 Å². The van der Waals surface area contributed by atoms with Gasteiger partial charge in [0.25, 0.3) is 0 Å². The van der Waals surface area contributed by atoms with Crippen LogP contribution >= 0.6 is 11.3 Å². The largest absolute Gasteiger partial charge is 0.315 e. The molecule has 0 saturated heterocycles. The molecule has 96 valence electrons. The molecular formula is C16H21NS. The van der Waals surface area contributed by atoms with E-state index in [-0.39, 0.29) is 0 Å². The van der Waals surface area contributed by atoms with Crippen LogP contribution in [0.25, 0.3) is 11.1 Å². The highest BCUT2D eigenvalue weighted by molar-refractivity contribution is 7.10. The van der Waals surface area contributed by atoms with Crippen molar-refractivity contribution in [2.45, 2.75) is 34.2 Å². The van der Waals surface area contributed by atoms with Crippen LogP contribution in [0.3, 0.4) is 0 Å². The summed E-state index contributed by atoms with van der Waals surface area (Å²) in [7, 11) is 1.99. The zero-order chi connectivity index (χ0) is 13.3. The van der Waals surface area contributed by atoms with Gasteiger partial charge in [0, 0.05) is 11.4 Å². The van der Waals surface area contributed by atoms with E-state index in [2.05, 4.69) is 50.5 Å². The van der Waals surface area contributed by atoms with Crippen molar-refractivity contribution >= 4 is 11.3 Å². The van der Waals surface area contributed by atoms with Gasteiger partial charge in [0.1, 0.15) is 0 Å². The molecule has 2 heteroatoms. The quantitative estimate of drug-likeness (QED) is 0.863. The van der Waals surface area contributed by atoms with E-state index in [0.717, 1.165) is 6.54 Å². The summed E-state index contributed by atoms with van der Waals surface area (Å²) >= 11 is 1.84. The molecule has 0 saturated carbocycles. The first-order chi connectivity index (χ1) is 8.54. The maximum Gasteiger partial charge on any atom is 0.0296 e. The van der Waals surface area contributed by atoms with E-state index >= 15 is 0 Å². The van der Waals surface area contributed by atoms with Gasteiger partial charge in [0.05, 0.1) is 0 Å². The van der Waals surface area contributed by atoms with Gasteiger partial charge in [-0.1, -0.05) is 6.07 Å². The van der Waals surface area contributed by atoms with Gasteiger partial charge in [0.2, 0.25) is 0 Å². The first-order valence-corrected chi connectivity index (χ1v) is 7.22. The van der Waals surface area contributed by atoms with Crippen molar-refractivity contribution in [2.24, 2.45) is 0 Å². The minimum Gasteiger partial charge on any atom is -0.315 e. The Balaban J connectivity index is 2.55. The fourth-order valence-corrected chi connectivity index (χ4v) is 3.32. The molecule has 1 nitrogen and oxygen atoms in total. The molecule has 0 atom stereocenters. The lowest BCUT2D eigenvalue weighted by atomic mass is 9.91. The zero-order valence-electron chi connectivity index (χ0n) is 11.8. The molecule has 2 rings (SSSR count). The highest BCUT2D eigenvalue weighted by Gasteiger charge is 2.11. The molecule has 0 radical (unpaired) electrons. The molecule has 0 aliphatic rings. The number of hydrogen-bond acceptors (Lipinski definition) is 2. The molecule has 18 heavy (non-hydrogen) atoms.